The normalized spacial score (nSPS) is 33.6. The number of nitrogens with two attached hydrogens (primary N) is 1. The molecule has 2 heterocycles. The summed E-state index contributed by atoms with van der Waals surface area (Å²) in [5, 5.41) is 0. The number of nitrogens with zero attached hydrogens (tertiary/aromatic N) is 1. The lowest BCUT2D eigenvalue weighted by atomic mass is 9.82. The molecule has 0 amide bonds. The van der Waals surface area contributed by atoms with E-state index >= 15 is 0 Å². The van der Waals surface area contributed by atoms with Crippen molar-refractivity contribution in [3.8, 4) is 0 Å². The van der Waals surface area contributed by atoms with E-state index in [-0.39, 0.29) is 6.04 Å². The molecule has 3 rings (SSSR count). The van der Waals surface area contributed by atoms with Crippen LogP contribution in [-0.4, -0.2) is 24.0 Å². The molecule has 0 radical (unpaired) electrons. The maximum Gasteiger partial charge on any atom is 0.0324 e. The lowest BCUT2D eigenvalue weighted by molar-refractivity contribution is 0.121. The number of aryl methyl sites for hydroxylation is 1. The van der Waals surface area contributed by atoms with Gasteiger partial charge in [0.1, 0.15) is 0 Å². The van der Waals surface area contributed by atoms with Gasteiger partial charge in [-0.05, 0) is 51.1 Å². The Morgan fingerprint density at radius 2 is 1.67 bits per heavy atom. The molecule has 2 saturated heterocycles. The first-order valence-corrected chi connectivity index (χ1v) is 7.19. The van der Waals surface area contributed by atoms with Crippen LogP contribution in [0.1, 0.15) is 42.9 Å². The summed E-state index contributed by atoms with van der Waals surface area (Å²) in [5.74, 6) is 0.668. The van der Waals surface area contributed by atoms with Crippen molar-refractivity contribution < 1.29 is 0 Å². The molecular formula is C16H24N2. The van der Waals surface area contributed by atoms with Gasteiger partial charge in [0.15, 0.2) is 0 Å². The van der Waals surface area contributed by atoms with Gasteiger partial charge in [0.2, 0.25) is 0 Å². The first-order valence-electron chi connectivity index (χ1n) is 7.19. The van der Waals surface area contributed by atoms with Gasteiger partial charge in [-0.15, -0.1) is 0 Å². The van der Waals surface area contributed by atoms with Gasteiger partial charge >= 0.3 is 0 Å². The van der Waals surface area contributed by atoms with Crippen LogP contribution in [0.2, 0.25) is 0 Å². The third-order valence-corrected chi connectivity index (χ3v) is 5.10. The second-order valence-corrected chi connectivity index (χ2v) is 6.22. The predicted octanol–water partition coefficient (Wildman–Crippen LogP) is 2.87. The number of benzene rings is 1. The van der Waals surface area contributed by atoms with Gasteiger partial charge in [0.25, 0.3) is 0 Å². The van der Waals surface area contributed by atoms with Crippen molar-refractivity contribution in [2.45, 2.75) is 50.7 Å². The summed E-state index contributed by atoms with van der Waals surface area (Å²) in [6, 6.07) is 10.6. The van der Waals surface area contributed by atoms with E-state index in [1.54, 1.807) is 0 Å². The quantitative estimate of drug-likeness (QED) is 0.867. The highest BCUT2D eigenvalue weighted by molar-refractivity contribution is 5.24. The average molecular weight is 244 g/mol. The molecule has 3 atom stereocenters. The van der Waals surface area contributed by atoms with E-state index in [4.69, 9.17) is 5.73 Å². The molecule has 98 valence electrons. The molecular weight excluding hydrogens is 220 g/mol. The maximum atomic E-state index is 6.50. The van der Waals surface area contributed by atoms with Crippen LogP contribution < -0.4 is 5.73 Å². The number of piperidine rings is 1. The van der Waals surface area contributed by atoms with Gasteiger partial charge < -0.3 is 10.6 Å². The van der Waals surface area contributed by atoms with Gasteiger partial charge in [-0.1, -0.05) is 29.8 Å². The van der Waals surface area contributed by atoms with Crippen molar-refractivity contribution in [2.75, 3.05) is 7.05 Å². The molecule has 2 aliphatic heterocycles. The van der Waals surface area contributed by atoms with Crippen LogP contribution >= 0.6 is 0 Å². The van der Waals surface area contributed by atoms with Gasteiger partial charge in [0.05, 0.1) is 0 Å². The van der Waals surface area contributed by atoms with Crippen molar-refractivity contribution in [3.05, 3.63) is 35.4 Å². The molecule has 2 bridgehead atoms. The molecule has 2 N–H and O–H groups in total. The monoisotopic (exact) mass is 244 g/mol. The Labute approximate surface area is 110 Å². The zero-order valence-corrected chi connectivity index (χ0v) is 11.5. The third-order valence-electron chi connectivity index (χ3n) is 5.10. The minimum absolute atomic E-state index is 0.224. The van der Waals surface area contributed by atoms with Crippen LogP contribution in [0.3, 0.4) is 0 Å². The van der Waals surface area contributed by atoms with Gasteiger partial charge in [-0.25, -0.2) is 0 Å². The summed E-state index contributed by atoms with van der Waals surface area (Å²) in [6.07, 6.45) is 5.31. The van der Waals surface area contributed by atoms with Crippen molar-refractivity contribution in [1.29, 1.82) is 0 Å². The van der Waals surface area contributed by atoms with E-state index in [9.17, 15) is 0 Å². The number of rotatable bonds is 2. The lowest BCUT2D eigenvalue weighted by Gasteiger charge is -2.38. The van der Waals surface area contributed by atoms with Crippen LogP contribution in [0.5, 0.6) is 0 Å². The van der Waals surface area contributed by atoms with Crippen LogP contribution in [0.15, 0.2) is 24.3 Å². The van der Waals surface area contributed by atoms with Crippen LogP contribution in [0, 0.1) is 12.8 Å². The van der Waals surface area contributed by atoms with Crippen molar-refractivity contribution in [1.82, 2.24) is 4.90 Å². The lowest BCUT2D eigenvalue weighted by Crippen LogP contribution is -2.42. The zero-order chi connectivity index (χ0) is 12.7. The standard InChI is InChI=1S/C16H24N2/c1-11-3-5-12(6-4-11)16(17)13-9-14-7-8-15(10-13)18(14)2/h3-6,13-16H,7-10,17H2,1-2H3. The number of fused-ring (bicyclic) bond motifs is 2. The molecule has 0 aliphatic carbocycles. The summed E-state index contributed by atoms with van der Waals surface area (Å²) in [5.41, 5.74) is 9.13. The molecule has 18 heavy (non-hydrogen) atoms. The van der Waals surface area contributed by atoms with E-state index in [0.29, 0.717) is 5.92 Å². The Kier molecular flexibility index (Phi) is 3.16. The first kappa shape index (κ1) is 12.2. The average Bonchev–Trinajstić information content (AvgIpc) is 2.62. The smallest absolute Gasteiger partial charge is 0.0324 e. The molecule has 0 saturated carbocycles. The summed E-state index contributed by atoms with van der Waals surface area (Å²) < 4.78 is 0. The highest BCUT2D eigenvalue weighted by atomic mass is 15.2. The van der Waals surface area contributed by atoms with Crippen LogP contribution in [0.4, 0.5) is 0 Å². The number of hydrogen-bond acceptors (Lipinski definition) is 2. The van der Waals surface area contributed by atoms with Crippen LogP contribution in [0.25, 0.3) is 0 Å². The fourth-order valence-corrected chi connectivity index (χ4v) is 3.81. The fraction of sp³-hybridized carbons (Fsp3) is 0.625. The maximum absolute atomic E-state index is 6.50. The highest BCUT2D eigenvalue weighted by Crippen LogP contribution is 2.41. The number of hydrogen-bond donors (Lipinski definition) is 1. The first-order chi connectivity index (χ1) is 8.65. The molecule has 2 heteroatoms. The Balaban J connectivity index is 1.74. The molecule has 1 aromatic rings. The second kappa shape index (κ2) is 4.67. The SMILES string of the molecule is Cc1ccc(C(N)C2CC3CCC(C2)N3C)cc1. The molecule has 1 aromatic carbocycles. The van der Waals surface area contributed by atoms with Crippen molar-refractivity contribution in [3.63, 3.8) is 0 Å². The molecule has 0 spiro atoms. The Morgan fingerprint density at radius 1 is 1.11 bits per heavy atom. The topological polar surface area (TPSA) is 29.3 Å². The van der Waals surface area contributed by atoms with Gasteiger partial charge in [-0.2, -0.15) is 0 Å². The van der Waals surface area contributed by atoms with E-state index in [2.05, 4.69) is 43.1 Å². The summed E-state index contributed by atoms with van der Waals surface area (Å²) >= 11 is 0. The minimum atomic E-state index is 0.224. The molecule has 2 nitrogen and oxygen atoms in total. The Bertz CT molecular complexity index is 398. The minimum Gasteiger partial charge on any atom is -0.324 e. The van der Waals surface area contributed by atoms with Crippen LogP contribution in [-0.2, 0) is 0 Å². The van der Waals surface area contributed by atoms with E-state index < -0.39 is 0 Å². The third kappa shape index (κ3) is 2.08. The fourth-order valence-electron chi connectivity index (χ4n) is 3.81. The van der Waals surface area contributed by atoms with Gasteiger partial charge in [-0.3, -0.25) is 0 Å². The van der Waals surface area contributed by atoms with E-state index in [0.717, 1.165) is 12.1 Å². The Morgan fingerprint density at radius 3 is 2.22 bits per heavy atom. The summed E-state index contributed by atoms with van der Waals surface area (Å²) in [6.45, 7) is 2.13. The largest absolute Gasteiger partial charge is 0.324 e. The molecule has 3 unspecified atom stereocenters. The predicted molar refractivity (Wildman–Crippen MR) is 75.4 cm³/mol. The zero-order valence-electron chi connectivity index (χ0n) is 11.5. The highest BCUT2D eigenvalue weighted by Gasteiger charge is 2.40. The molecule has 0 aromatic heterocycles. The summed E-state index contributed by atoms with van der Waals surface area (Å²) in [7, 11) is 2.29. The van der Waals surface area contributed by atoms with Crippen molar-refractivity contribution >= 4 is 0 Å². The second-order valence-electron chi connectivity index (χ2n) is 6.22. The molecule has 2 fully saturated rings. The van der Waals surface area contributed by atoms with Crippen molar-refractivity contribution in [2.24, 2.45) is 11.7 Å². The van der Waals surface area contributed by atoms with Gasteiger partial charge in [0, 0.05) is 18.1 Å². The molecule has 2 aliphatic rings. The van der Waals surface area contributed by atoms with E-state index in [1.807, 2.05) is 0 Å². The van der Waals surface area contributed by atoms with E-state index in [1.165, 1.54) is 36.8 Å². The summed E-state index contributed by atoms with van der Waals surface area (Å²) in [4.78, 5) is 2.58. The Hall–Kier alpha value is -0.860.